The van der Waals surface area contributed by atoms with Crippen molar-refractivity contribution >= 4 is 17.3 Å². The highest BCUT2D eigenvalue weighted by molar-refractivity contribution is 5.99. The molecule has 0 aromatic heterocycles. The number of ether oxygens (including phenoxy) is 1. The van der Waals surface area contributed by atoms with Gasteiger partial charge in [0.05, 0.1) is 23.3 Å². The van der Waals surface area contributed by atoms with Gasteiger partial charge in [0.25, 0.3) is 18.0 Å². The molecule has 0 atom stereocenters. The first kappa shape index (κ1) is 16.7. The molecule has 21 heavy (non-hydrogen) atoms. The first-order valence-corrected chi connectivity index (χ1v) is 5.70. The van der Waals surface area contributed by atoms with Gasteiger partial charge in [0.2, 0.25) is 0 Å². The third kappa shape index (κ3) is 4.91. The van der Waals surface area contributed by atoms with Crippen molar-refractivity contribution in [2.75, 3.05) is 25.5 Å². The minimum atomic E-state index is -2.63. The fourth-order valence-corrected chi connectivity index (χ4v) is 1.42. The van der Waals surface area contributed by atoms with Gasteiger partial charge in [-0.05, 0) is 6.07 Å². The van der Waals surface area contributed by atoms with Gasteiger partial charge in [-0.25, -0.2) is 13.2 Å². The van der Waals surface area contributed by atoms with Crippen molar-refractivity contribution in [1.82, 2.24) is 5.32 Å². The summed E-state index contributed by atoms with van der Waals surface area (Å²) in [6.07, 6.45) is -2.63. The summed E-state index contributed by atoms with van der Waals surface area (Å²) in [5, 5.41) is 13.0. The molecule has 0 radical (unpaired) electrons. The van der Waals surface area contributed by atoms with E-state index in [9.17, 15) is 28.1 Å². The van der Waals surface area contributed by atoms with E-state index < -0.39 is 46.6 Å². The highest BCUT2D eigenvalue weighted by Gasteiger charge is 2.22. The minimum Gasteiger partial charge on any atom is -0.396 e. The zero-order chi connectivity index (χ0) is 16.0. The fourth-order valence-electron chi connectivity index (χ4n) is 1.42. The van der Waals surface area contributed by atoms with Crippen molar-refractivity contribution in [3.8, 4) is 0 Å². The van der Waals surface area contributed by atoms with Gasteiger partial charge in [0.15, 0.2) is 5.82 Å². The van der Waals surface area contributed by atoms with E-state index in [0.717, 1.165) is 6.07 Å². The summed E-state index contributed by atoms with van der Waals surface area (Å²) in [4.78, 5) is 21.6. The Bertz CT molecular complexity index is 540. The van der Waals surface area contributed by atoms with Gasteiger partial charge in [-0.15, -0.1) is 0 Å². The fraction of sp³-hybridized carbons (Fsp3) is 0.364. The predicted molar refractivity (Wildman–Crippen MR) is 66.6 cm³/mol. The molecule has 1 amide bonds. The smallest absolute Gasteiger partial charge is 0.285 e. The van der Waals surface area contributed by atoms with Crippen LogP contribution in [0.1, 0.15) is 10.4 Å². The van der Waals surface area contributed by atoms with E-state index in [2.05, 4.69) is 10.1 Å². The normalized spacial score (nSPS) is 10.7. The number of benzene rings is 1. The summed E-state index contributed by atoms with van der Waals surface area (Å²) in [6.45, 7) is -1.11. The summed E-state index contributed by atoms with van der Waals surface area (Å²) in [5.41, 5.74) is 3.67. The van der Waals surface area contributed by atoms with Crippen LogP contribution in [0, 0.1) is 15.9 Å². The van der Waals surface area contributed by atoms with Crippen molar-refractivity contribution in [3.05, 3.63) is 33.6 Å². The molecule has 0 unspecified atom stereocenters. The van der Waals surface area contributed by atoms with E-state index in [1.165, 1.54) is 0 Å². The lowest BCUT2D eigenvalue weighted by molar-refractivity contribution is -0.385. The van der Waals surface area contributed by atoms with Crippen LogP contribution in [-0.4, -0.2) is 37.0 Å². The molecule has 10 heteroatoms. The third-order valence-corrected chi connectivity index (χ3v) is 2.33. The lowest BCUT2D eigenvalue weighted by atomic mass is 10.1. The molecular formula is C11H12F3N3O4. The van der Waals surface area contributed by atoms with E-state index in [1.807, 2.05) is 0 Å². The Morgan fingerprint density at radius 3 is 2.71 bits per heavy atom. The Hall–Kier alpha value is -2.36. The maximum atomic E-state index is 13.2. The van der Waals surface area contributed by atoms with E-state index >= 15 is 0 Å². The molecule has 0 fully saturated rings. The molecule has 0 bridgehead atoms. The van der Waals surface area contributed by atoms with Crippen molar-refractivity contribution < 1.29 is 27.6 Å². The van der Waals surface area contributed by atoms with E-state index in [-0.39, 0.29) is 13.2 Å². The second kappa shape index (κ2) is 7.43. The molecule has 0 saturated heterocycles. The largest absolute Gasteiger partial charge is 0.396 e. The molecule has 1 aromatic rings. The van der Waals surface area contributed by atoms with Crippen LogP contribution in [0.4, 0.5) is 24.5 Å². The number of alkyl halides is 2. The highest BCUT2D eigenvalue weighted by atomic mass is 19.3. The first-order chi connectivity index (χ1) is 9.82. The number of rotatable bonds is 7. The van der Waals surface area contributed by atoms with E-state index in [1.54, 1.807) is 0 Å². The number of nitrogens with zero attached hydrogens (tertiary/aromatic N) is 1. The number of carbonyl (C=O) groups is 1. The van der Waals surface area contributed by atoms with Crippen LogP contribution in [0.5, 0.6) is 0 Å². The Morgan fingerprint density at radius 1 is 1.48 bits per heavy atom. The molecule has 0 saturated carbocycles. The summed E-state index contributed by atoms with van der Waals surface area (Å²) >= 11 is 0. The maximum absolute atomic E-state index is 13.2. The molecule has 0 aliphatic heterocycles. The molecule has 1 aromatic carbocycles. The lowest BCUT2D eigenvalue weighted by Crippen LogP contribution is -2.28. The Kier molecular flexibility index (Phi) is 5.91. The average Bonchev–Trinajstić information content (AvgIpc) is 2.40. The number of nitrogen functional groups attached to an aromatic ring is 1. The molecule has 1 rings (SSSR count). The molecular weight excluding hydrogens is 295 g/mol. The van der Waals surface area contributed by atoms with Crippen molar-refractivity contribution in [2.45, 2.75) is 6.43 Å². The zero-order valence-electron chi connectivity index (χ0n) is 10.6. The first-order valence-electron chi connectivity index (χ1n) is 5.70. The molecule has 0 spiro atoms. The molecule has 0 heterocycles. The number of halogens is 3. The summed E-state index contributed by atoms with van der Waals surface area (Å²) in [7, 11) is 0. The Balaban J connectivity index is 2.69. The Morgan fingerprint density at radius 2 is 2.14 bits per heavy atom. The second-order valence-electron chi connectivity index (χ2n) is 3.87. The molecule has 3 N–H and O–H groups in total. The SMILES string of the molecule is Nc1cc(C(=O)NCCOCC(F)F)c([N+](=O)[O-])cc1F. The standard InChI is InChI=1S/C11H12F3N3O4/c12-7-4-9(17(19)20)6(3-8(7)15)11(18)16-1-2-21-5-10(13)14/h3-4,10H,1-2,5,15H2,(H,16,18). The number of hydrogen-bond acceptors (Lipinski definition) is 5. The summed E-state index contributed by atoms with van der Waals surface area (Å²) in [6, 6.07) is 1.38. The monoisotopic (exact) mass is 307 g/mol. The van der Waals surface area contributed by atoms with Crippen LogP contribution < -0.4 is 11.1 Å². The van der Waals surface area contributed by atoms with E-state index in [0.29, 0.717) is 6.07 Å². The van der Waals surface area contributed by atoms with Gasteiger partial charge in [-0.1, -0.05) is 0 Å². The molecule has 0 aliphatic rings. The van der Waals surface area contributed by atoms with Crippen LogP contribution >= 0.6 is 0 Å². The van der Waals surface area contributed by atoms with Crippen LogP contribution in [0.15, 0.2) is 12.1 Å². The van der Waals surface area contributed by atoms with Gasteiger partial charge in [0, 0.05) is 6.54 Å². The third-order valence-electron chi connectivity index (χ3n) is 2.33. The van der Waals surface area contributed by atoms with E-state index in [4.69, 9.17) is 5.73 Å². The molecule has 116 valence electrons. The number of nitrogens with two attached hydrogens (primary N) is 1. The number of nitro benzene ring substituents is 1. The number of carbonyl (C=O) groups excluding carboxylic acids is 1. The van der Waals surface area contributed by atoms with Crippen molar-refractivity contribution in [2.24, 2.45) is 0 Å². The predicted octanol–water partition coefficient (Wildman–Crippen LogP) is 1.33. The van der Waals surface area contributed by atoms with Crippen LogP contribution in [-0.2, 0) is 4.74 Å². The quantitative estimate of drug-likeness (QED) is 0.342. The molecule has 0 aliphatic carbocycles. The maximum Gasteiger partial charge on any atom is 0.285 e. The zero-order valence-corrected chi connectivity index (χ0v) is 10.6. The lowest BCUT2D eigenvalue weighted by Gasteiger charge is -2.07. The summed E-state index contributed by atoms with van der Waals surface area (Å²) in [5.74, 6) is -1.90. The average molecular weight is 307 g/mol. The summed E-state index contributed by atoms with van der Waals surface area (Å²) < 4.78 is 41.2. The molecule has 7 nitrogen and oxygen atoms in total. The number of nitrogens with one attached hydrogen (secondary N) is 1. The van der Waals surface area contributed by atoms with Gasteiger partial charge < -0.3 is 15.8 Å². The van der Waals surface area contributed by atoms with Crippen LogP contribution in [0.25, 0.3) is 0 Å². The van der Waals surface area contributed by atoms with Gasteiger partial charge >= 0.3 is 0 Å². The van der Waals surface area contributed by atoms with Crippen LogP contribution in [0.3, 0.4) is 0 Å². The van der Waals surface area contributed by atoms with Gasteiger partial charge in [-0.3, -0.25) is 14.9 Å². The van der Waals surface area contributed by atoms with Crippen LogP contribution in [0.2, 0.25) is 0 Å². The van der Waals surface area contributed by atoms with Crippen molar-refractivity contribution in [3.63, 3.8) is 0 Å². The Labute approximate surface area is 117 Å². The highest BCUT2D eigenvalue weighted by Crippen LogP contribution is 2.24. The number of amides is 1. The number of anilines is 1. The van der Waals surface area contributed by atoms with Crippen molar-refractivity contribution in [1.29, 1.82) is 0 Å². The van der Waals surface area contributed by atoms with Gasteiger partial charge in [-0.2, -0.15) is 0 Å². The topological polar surface area (TPSA) is 107 Å². The second-order valence-corrected chi connectivity index (χ2v) is 3.87. The number of hydrogen-bond donors (Lipinski definition) is 2. The van der Waals surface area contributed by atoms with Gasteiger partial charge in [0.1, 0.15) is 12.2 Å². The number of nitro groups is 1. The minimum absolute atomic E-state index is 0.139.